The highest BCUT2D eigenvalue weighted by molar-refractivity contribution is 7.92. The van der Waals surface area contributed by atoms with Crippen LogP contribution in [0.2, 0.25) is 0 Å². The summed E-state index contributed by atoms with van der Waals surface area (Å²) in [6, 6.07) is 18.7. The molecule has 1 aliphatic heterocycles. The molecule has 0 saturated carbocycles. The van der Waals surface area contributed by atoms with Gasteiger partial charge in [0.05, 0.1) is 15.4 Å². The van der Waals surface area contributed by atoms with Crippen LogP contribution in [0, 0.1) is 16.0 Å². The number of hydrogen-bond acceptors (Lipinski definition) is 6. The summed E-state index contributed by atoms with van der Waals surface area (Å²) in [5.41, 5.74) is 0.964. The van der Waals surface area contributed by atoms with Gasteiger partial charge in [0.25, 0.3) is 21.6 Å². The molecule has 3 aromatic carbocycles. The number of phenols is 1. The van der Waals surface area contributed by atoms with Crippen molar-refractivity contribution >= 4 is 27.3 Å². The molecule has 4 rings (SSSR count). The second kappa shape index (κ2) is 10.1. The van der Waals surface area contributed by atoms with E-state index in [0.29, 0.717) is 19.0 Å². The molecule has 1 saturated heterocycles. The zero-order valence-electron chi connectivity index (χ0n) is 18.8. The first-order valence-corrected chi connectivity index (χ1v) is 12.6. The molecule has 3 aromatic rings. The van der Waals surface area contributed by atoms with E-state index in [0.717, 1.165) is 25.3 Å². The number of phenolic OH excluding ortho intramolecular Hbond substituents is 1. The van der Waals surface area contributed by atoms with Crippen molar-refractivity contribution in [3.05, 3.63) is 94.0 Å². The number of carbonyl (C=O) groups is 1. The molecule has 9 nitrogen and oxygen atoms in total. The zero-order chi connectivity index (χ0) is 25.0. The number of hydrogen-bond donors (Lipinski definition) is 2. The highest BCUT2D eigenvalue weighted by Crippen LogP contribution is 2.28. The Morgan fingerprint density at radius 3 is 2.43 bits per heavy atom. The Hall–Kier alpha value is -3.92. The molecule has 182 valence electrons. The van der Waals surface area contributed by atoms with Gasteiger partial charge in [-0.15, -0.1) is 0 Å². The molecule has 0 spiro atoms. The SMILES string of the molecule is O=C(c1cc(NS(=O)(=O)c2cccc([N+](=O)[O-])c2)ccc1O)N1CCC(Cc2ccccc2)CC1. The molecule has 1 aliphatic rings. The van der Waals surface area contributed by atoms with Gasteiger partial charge in [-0.25, -0.2) is 8.42 Å². The molecule has 0 aromatic heterocycles. The van der Waals surface area contributed by atoms with Crippen molar-refractivity contribution in [2.24, 2.45) is 5.92 Å². The van der Waals surface area contributed by atoms with Crippen LogP contribution in [0.15, 0.2) is 77.7 Å². The predicted molar refractivity (Wildman–Crippen MR) is 131 cm³/mol. The Balaban J connectivity index is 1.45. The summed E-state index contributed by atoms with van der Waals surface area (Å²) in [5.74, 6) is -0.167. The van der Waals surface area contributed by atoms with Gasteiger partial charge in [0, 0.05) is 30.9 Å². The lowest BCUT2D eigenvalue weighted by Crippen LogP contribution is -2.39. The topological polar surface area (TPSA) is 130 Å². The number of carbonyl (C=O) groups excluding carboxylic acids is 1. The van der Waals surface area contributed by atoms with Crippen molar-refractivity contribution in [1.82, 2.24) is 4.90 Å². The summed E-state index contributed by atoms with van der Waals surface area (Å²) in [7, 11) is -4.15. The zero-order valence-corrected chi connectivity index (χ0v) is 19.6. The second-order valence-electron chi connectivity index (χ2n) is 8.52. The molecular weight excluding hydrogens is 470 g/mol. The average Bonchev–Trinajstić information content (AvgIpc) is 2.86. The first kappa shape index (κ1) is 24.2. The normalized spacial score (nSPS) is 14.5. The Morgan fingerprint density at radius 2 is 1.74 bits per heavy atom. The fourth-order valence-corrected chi connectivity index (χ4v) is 5.30. The maximum absolute atomic E-state index is 13.1. The summed E-state index contributed by atoms with van der Waals surface area (Å²) in [5, 5.41) is 21.3. The molecular formula is C25H25N3O6S. The van der Waals surface area contributed by atoms with Crippen LogP contribution in [0.4, 0.5) is 11.4 Å². The van der Waals surface area contributed by atoms with Crippen molar-refractivity contribution in [2.75, 3.05) is 17.8 Å². The highest BCUT2D eigenvalue weighted by Gasteiger charge is 2.26. The molecule has 0 unspecified atom stereocenters. The Kier molecular flexibility index (Phi) is 7.02. The minimum absolute atomic E-state index is 0.00856. The van der Waals surface area contributed by atoms with Gasteiger partial charge < -0.3 is 10.0 Å². The monoisotopic (exact) mass is 495 g/mol. The molecule has 0 aliphatic carbocycles. The molecule has 1 fully saturated rings. The van der Waals surface area contributed by atoms with Crippen LogP contribution in [0.3, 0.4) is 0 Å². The third-order valence-corrected chi connectivity index (χ3v) is 7.47. The maximum atomic E-state index is 13.1. The van der Waals surface area contributed by atoms with E-state index in [1.54, 1.807) is 4.90 Å². The maximum Gasteiger partial charge on any atom is 0.270 e. The number of anilines is 1. The third kappa shape index (κ3) is 5.78. The van der Waals surface area contributed by atoms with E-state index < -0.39 is 14.9 Å². The fourth-order valence-electron chi connectivity index (χ4n) is 4.21. The summed E-state index contributed by atoms with van der Waals surface area (Å²) in [6.07, 6.45) is 2.62. The second-order valence-corrected chi connectivity index (χ2v) is 10.2. The van der Waals surface area contributed by atoms with Crippen LogP contribution in [-0.2, 0) is 16.4 Å². The smallest absolute Gasteiger partial charge is 0.270 e. The van der Waals surface area contributed by atoms with Crippen LogP contribution in [0.1, 0.15) is 28.8 Å². The van der Waals surface area contributed by atoms with Gasteiger partial charge in [-0.1, -0.05) is 36.4 Å². The number of likely N-dealkylation sites (tertiary alicyclic amines) is 1. The number of aromatic hydroxyl groups is 1. The van der Waals surface area contributed by atoms with Crippen LogP contribution in [0.25, 0.3) is 0 Å². The number of nitro groups is 1. The standard InChI is InChI=1S/C25H25N3O6S/c29-24-10-9-20(26-35(33,34)22-8-4-7-21(17-22)28(31)32)16-23(24)25(30)27-13-11-19(12-14-27)15-18-5-2-1-3-6-18/h1-10,16-17,19,26,29H,11-15H2. The van der Waals surface area contributed by atoms with Gasteiger partial charge in [-0.2, -0.15) is 0 Å². The Labute approximate surface area is 203 Å². The lowest BCUT2D eigenvalue weighted by molar-refractivity contribution is -0.385. The summed E-state index contributed by atoms with van der Waals surface area (Å²) < 4.78 is 27.8. The van der Waals surface area contributed by atoms with Gasteiger partial charge >= 0.3 is 0 Å². The molecule has 2 N–H and O–H groups in total. The molecule has 0 bridgehead atoms. The van der Waals surface area contributed by atoms with E-state index in [2.05, 4.69) is 16.9 Å². The summed E-state index contributed by atoms with van der Waals surface area (Å²) >= 11 is 0. The lowest BCUT2D eigenvalue weighted by Gasteiger charge is -2.32. The first-order valence-electron chi connectivity index (χ1n) is 11.2. The third-order valence-electron chi connectivity index (χ3n) is 6.09. The van der Waals surface area contributed by atoms with Crippen molar-refractivity contribution in [1.29, 1.82) is 0 Å². The molecule has 1 amide bonds. The first-order chi connectivity index (χ1) is 16.7. The van der Waals surface area contributed by atoms with E-state index in [9.17, 15) is 28.4 Å². The Morgan fingerprint density at radius 1 is 1.03 bits per heavy atom. The lowest BCUT2D eigenvalue weighted by atomic mass is 9.90. The van der Waals surface area contributed by atoms with Gasteiger partial charge in [-0.3, -0.25) is 19.6 Å². The number of rotatable bonds is 7. The van der Waals surface area contributed by atoms with Gasteiger partial charge in [0.1, 0.15) is 5.75 Å². The molecule has 35 heavy (non-hydrogen) atoms. The van der Waals surface area contributed by atoms with Crippen LogP contribution >= 0.6 is 0 Å². The largest absolute Gasteiger partial charge is 0.507 e. The van der Waals surface area contributed by atoms with Crippen molar-refractivity contribution in [3.63, 3.8) is 0 Å². The molecule has 0 radical (unpaired) electrons. The van der Waals surface area contributed by atoms with Crippen molar-refractivity contribution in [2.45, 2.75) is 24.2 Å². The number of amides is 1. The van der Waals surface area contributed by atoms with E-state index in [-0.39, 0.29) is 33.5 Å². The number of sulfonamides is 1. The number of piperidine rings is 1. The van der Waals surface area contributed by atoms with Crippen LogP contribution < -0.4 is 4.72 Å². The number of non-ortho nitro benzene ring substituents is 1. The minimum Gasteiger partial charge on any atom is -0.507 e. The minimum atomic E-state index is -4.15. The van der Waals surface area contributed by atoms with Gasteiger partial charge in [0.15, 0.2) is 0 Å². The summed E-state index contributed by atoms with van der Waals surface area (Å²) in [4.78, 5) is 24.8. The highest BCUT2D eigenvalue weighted by atomic mass is 32.2. The quantitative estimate of drug-likeness (QED) is 0.287. The number of benzene rings is 3. The predicted octanol–water partition coefficient (Wildman–Crippen LogP) is 4.20. The van der Waals surface area contributed by atoms with E-state index >= 15 is 0 Å². The van der Waals surface area contributed by atoms with Gasteiger partial charge in [-0.05, 0) is 55.0 Å². The number of nitrogens with zero attached hydrogens (tertiary/aromatic N) is 2. The molecule has 10 heteroatoms. The molecule has 0 atom stereocenters. The molecule has 1 heterocycles. The Bertz CT molecular complexity index is 1340. The van der Waals surface area contributed by atoms with Gasteiger partial charge in [0.2, 0.25) is 0 Å². The number of nitro benzene ring substituents is 1. The number of nitrogens with one attached hydrogen (secondary N) is 1. The van der Waals surface area contributed by atoms with E-state index in [1.807, 2.05) is 18.2 Å². The van der Waals surface area contributed by atoms with Crippen LogP contribution in [-0.4, -0.2) is 42.3 Å². The van der Waals surface area contributed by atoms with E-state index in [4.69, 9.17) is 0 Å². The van der Waals surface area contributed by atoms with Crippen LogP contribution in [0.5, 0.6) is 5.75 Å². The average molecular weight is 496 g/mol. The summed E-state index contributed by atoms with van der Waals surface area (Å²) in [6.45, 7) is 1.08. The van der Waals surface area contributed by atoms with E-state index in [1.165, 1.54) is 42.0 Å². The van der Waals surface area contributed by atoms with Crippen molar-refractivity contribution in [3.8, 4) is 5.75 Å². The fraction of sp³-hybridized carbons (Fsp3) is 0.240. The van der Waals surface area contributed by atoms with Crippen molar-refractivity contribution < 1.29 is 23.2 Å².